The number of esters is 1. The summed E-state index contributed by atoms with van der Waals surface area (Å²) in [6, 6.07) is -1.38. The topological polar surface area (TPSA) is 142 Å². The van der Waals surface area contributed by atoms with E-state index in [1.807, 2.05) is 0 Å². The lowest BCUT2D eigenvalue weighted by Crippen LogP contribution is -2.47. The van der Waals surface area contributed by atoms with Crippen LogP contribution in [-0.4, -0.2) is 59.3 Å². The van der Waals surface area contributed by atoms with Crippen molar-refractivity contribution in [2.75, 3.05) is 13.2 Å². The molecule has 0 radical (unpaired) electrons. The fraction of sp³-hybridized carbons (Fsp3) is 0.805. The second-order valence-corrected chi connectivity index (χ2v) is 13.7. The fourth-order valence-electron chi connectivity index (χ4n) is 5.78. The number of nitrogens with one attached hydrogen (secondary N) is 2. The number of allylic oxidation sites excluding steroid dienone is 3. The minimum Gasteiger partial charge on any atom is -0.480 e. The summed E-state index contributed by atoms with van der Waals surface area (Å²) in [5, 5.41) is 22.5. The van der Waals surface area contributed by atoms with Crippen LogP contribution in [0.15, 0.2) is 24.3 Å². The van der Waals surface area contributed by atoms with Crippen molar-refractivity contribution < 1.29 is 34.1 Å². The lowest BCUT2D eigenvalue weighted by atomic mass is 10.0. The van der Waals surface area contributed by atoms with Gasteiger partial charge >= 0.3 is 11.9 Å². The highest BCUT2D eigenvalue weighted by Crippen LogP contribution is 2.16. The Morgan fingerprint density at radius 1 is 0.620 bits per heavy atom. The number of carboxylic acids is 1. The molecule has 2 unspecified atom stereocenters. The van der Waals surface area contributed by atoms with Crippen molar-refractivity contribution in [1.82, 2.24) is 10.6 Å². The molecule has 0 heterocycles. The number of carboxylic acid groups (broad SMARTS) is 1. The molecule has 0 saturated heterocycles. The van der Waals surface area contributed by atoms with Crippen molar-refractivity contribution in [3.8, 4) is 0 Å². The normalized spacial score (nSPS) is 12.7. The Hall–Kier alpha value is -2.68. The van der Waals surface area contributed by atoms with Gasteiger partial charge in [-0.1, -0.05) is 148 Å². The molecule has 0 aromatic heterocycles. The summed E-state index contributed by atoms with van der Waals surface area (Å²) >= 11 is 0. The van der Waals surface area contributed by atoms with Gasteiger partial charge < -0.3 is 25.6 Å². The number of aliphatic hydroxyl groups is 1. The van der Waals surface area contributed by atoms with Crippen LogP contribution in [0.4, 0.5) is 0 Å². The minimum absolute atomic E-state index is 0.0938. The Balaban J connectivity index is 4.25. The first-order valence-electron chi connectivity index (χ1n) is 20.2. The zero-order valence-electron chi connectivity index (χ0n) is 31.9. The maximum atomic E-state index is 12.7. The number of hydrogen-bond acceptors (Lipinski definition) is 6. The van der Waals surface area contributed by atoms with E-state index in [9.17, 15) is 19.2 Å². The predicted molar refractivity (Wildman–Crippen MR) is 204 cm³/mol. The van der Waals surface area contributed by atoms with Crippen molar-refractivity contribution in [2.24, 2.45) is 0 Å². The van der Waals surface area contributed by atoms with Crippen LogP contribution in [0.5, 0.6) is 0 Å². The van der Waals surface area contributed by atoms with E-state index >= 15 is 0 Å². The molecule has 50 heavy (non-hydrogen) atoms. The van der Waals surface area contributed by atoms with Crippen LogP contribution in [0.3, 0.4) is 0 Å². The van der Waals surface area contributed by atoms with Crippen LogP contribution in [-0.2, 0) is 23.9 Å². The van der Waals surface area contributed by atoms with Crippen LogP contribution < -0.4 is 10.6 Å². The Labute approximate surface area is 304 Å². The van der Waals surface area contributed by atoms with E-state index in [0.29, 0.717) is 19.3 Å². The number of unbranched alkanes of at least 4 members (excludes halogenated alkanes) is 20. The summed E-state index contributed by atoms with van der Waals surface area (Å²) < 4.78 is 5.90. The summed E-state index contributed by atoms with van der Waals surface area (Å²) in [5.41, 5.74) is 0. The molecule has 290 valence electrons. The maximum absolute atomic E-state index is 12.7. The summed E-state index contributed by atoms with van der Waals surface area (Å²) in [4.78, 5) is 47.3. The standard InChI is InChI=1S/C41H74N2O7/c1-3-5-7-9-11-13-14-15-16-17-19-25-29-33-40(47)50-36(30-26-22-18-12-10-8-6-4-2)31-27-23-20-21-24-28-32-38(45)42-34-39(46)43-37(35-44)41(48)49/h12,18,26,30,36-37,44H,3-11,13-17,19-25,27-29,31-35H2,1-2H3,(H,42,45)(H,43,46)(H,48,49)/b18-12-,30-26-. The third-order valence-electron chi connectivity index (χ3n) is 8.94. The van der Waals surface area contributed by atoms with Gasteiger partial charge in [0.1, 0.15) is 12.1 Å². The highest BCUT2D eigenvalue weighted by molar-refractivity contribution is 5.87. The van der Waals surface area contributed by atoms with E-state index in [2.05, 4.69) is 48.8 Å². The molecule has 0 aliphatic rings. The zero-order chi connectivity index (χ0) is 36.9. The highest BCUT2D eigenvalue weighted by Gasteiger charge is 2.18. The Morgan fingerprint density at radius 2 is 1.14 bits per heavy atom. The number of ether oxygens (including phenoxy) is 1. The largest absolute Gasteiger partial charge is 0.480 e. The van der Waals surface area contributed by atoms with Crippen LogP contribution in [0.1, 0.15) is 187 Å². The van der Waals surface area contributed by atoms with E-state index in [-0.39, 0.29) is 24.5 Å². The molecule has 0 aliphatic carbocycles. The van der Waals surface area contributed by atoms with Crippen LogP contribution in [0, 0.1) is 0 Å². The van der Waals surface area contributed by atoms with Crippen LogP contribution >= 0.6 is 0 Å². The minimum atomic E-state index is -1.38. The summed E-state index contributed by atoms with van der Waals surface area (Å²) in [6.45, 7) is 3.44. The molecule has 4 N–H and O–H groups in total. The van der Waals surface area contributed by atoms with Gasteiger partial charge in [-0.2, -0.15) is 0 Å². The smallest absolute Gasteiger partial charge is 0.328 e. The third-order valence-corrected chi connectivity index (χ3v) is 8.94. The molecule has 0 aliphatic heterocycles. The van der Waals surface area contributed by atoms with Gasteiger partial charge in [0.25, 0.3) is 0 Å². The number of carbonyl (C=O) groups excluding carboxylic acids is 3. The molecule has 0 fully saturated rings. The molecule has 2 amide bonds. The number of aliphatic hydroxyl groups excluding tert-OH is 1. The summed E-state index contributed by atoms with van der Waals surface area (Å²) in [7, 11) is 0. The lowest BCUT2D eigenvalue weighted by molar-refractivity contribution is -0.147. The molecular formula is C41H74N2O7. The third kappa shape index (κ3) is 32.5. The van der Waals surface area contributed by atoms with Crippen molar-refractivity contribution in [3.05, 3.63) is 24.3 Å². The summed E-state index contributed by atoms with van der Waals surface area (Å²) in [5.74, 6) is -2.34. The number of amides is 2. The van der Waals surface area contributed by atoms with Crippen molar-refractivity contribution in [2.45, 2.75) is 199 Å². The van der Waals surface area contributed by atoms with Gasteiger partial charge in [0.05, 0.1) is 13.2 Å². The molecule has 0 aromatic rings. The molecule has 0 aromatic carbocycles. The summed E-state index contributed by atoms with van der Waals surface area (Å²) in [6.07, 6.45) is 38.0. The first kappa shape index (κ1) is 47.3. The SMILES string of the molecule is CCCCC/C=C\C/C=C\C(CCCCCCCCC(=O)NCC(=O)NC(CO)C(=O)O)OC(=O)CCCCCCCCCCCCCCC. The highest BCUT2D eigenvalue weighted by atomic mass is 16.5. The zero-order valence-corrected chi connectivity index (χ0v) is 31.9. The number of rotatable bonds is 36. The molecule has 0 rings (SSSR count). The fourth-order valence-corrected chi connectivity index (χ4v) is 5.78. The lowest BCUT2D eigenvalue weighted by Gasteiger charge is -2.15. The van der Waals surface area contributed by atoms with Crippen molar-refractivity contribution in [1.29, 1.82) is 0 Å². The monoisotopic (exact) mass is 707 g/mol. The van der Waals surface area contributed by atoms with Crippen molar-refractivity contribution in [3.63, 3.8) is 0 Å². The second-order valence-electron chi connectivity index (χ2n) is 13.7. The van der Waals surface area contributed by atoms with Crippen LogP contribution in [0.2, 0.25) is 0 Å². The van der Waals surface area contributed by atoms with Gasteiger partial charge in [-0.15, -0.1) is 0 Å². The number of aliphatic carboxylic acids is 1. The molecule has 0 saturated carbocycles. The van der Waals surface area contributed by atoms with Gasteiger partial charge in [0.15, 0.2) is 0 Å². The number of carbonyl (C=O) groups is 4. The predicted octanol–water partition coefficient (Wildman–Crippen LogP) is 9.26. The number of hydrogen-bond donors (Lipinski definition) is 4. The van der Waals surface area contributed by atoms with E-state index in [1.165, 1.54) is 89.9 Å². The first-order chi connectivity index (χ1) is 24.3. The van der Waals surface area contributed by atoms with Crippen molar-refractivity contribution >= 4 is 23.8 Å². The molecule has 0 bridgehead atoms. The average Bonchev–Trinajstić information content (AvgIpc) is 3.10. The first-order valence-corrected chi connectivity index (χ1v) is 20.2. The van der Waals surface area contributed by atoms with Crippen LogP contribution in [0.25, 0.3) is 0 Å². The molecule has 9 nitrogen and oxygen atoms in total. The second kappa shape index (κ2) is 36.1. The van der Waals surface area contributed by atoms with E-state index < -0.39 is 24.5 Å². The van der Waals surface area contributed by atoms with Gasteiger partial charge in [0.2, 0.25) is 11.8 Å². The van der Waals surface area contributed by atoms with E-state index in [4.69, 9.17) is 14.9 Å². The van der Waals surface area contributed by atoms with Gasteiger partial charge in [0, 0.05) is 12.8 Å². The Morgan fingerprint density at radius 3 is 1.70 bits per heavy atom. The van der Waals surface area contributed by atoms with Gasteiger partial charge in [-0.3, -0.25) is 14.4 Å². The van der Waals surface area contributed by atoms with Gasteiger partial charge in [-0.25, -0.2) is 4.79 Å². The molecular weight excluding hydrogens is 632 g/mol. The van der Waals surface area contributed by atoms with Gasteiger partial charge in [-0.05, 0) is 51.0 Å². The molecule has 9 heteroatoms. The molecule has 2 atom stereocenters. The Kier molecular flexibility index (Phi) is 34.2. The average molecular weight is 707 g/mol. The maximum Gasteiger partial charge on any atom is 0.328 e. The van der Waals surface area contributed by atoms with E-state index in [0.717, 1.165) is 64.2 Å². The Bertz CT molecular complexity index is 905. The van der Waals surface area contributed by atoms with E-state index in [1.54, 1.807) is 0 Å². The quantitative estimate of drug-likeness (QED) is 0.0289. The molecule has 0 spiro atoms.